The lowest BCUT2D eigenvalue weighted by Crippen LogP contribution is -2.36. The summed E-state index contributed by atoms with van der Waals surface area (Å²) < 4.78 is 20.5. The van der Waals surface area contributed by atoms with Crippen LogP contribution in [-0.2, 0) is 11.1 Å². The van der Waals surface area contributed by atoms with E-state index in [4.69, 9.17) is 4.65 Å². The van der Waals surface area contributed by atoms with Crippen molar-refractivity contribution in [3.8, 4) is 0 Å². The predicted octanol–water partition coefficient (Wildman–Crippen LogP) is 4.06. The third kappa shape index (κ3) is 3.97. The molecule has 0 amide bonds. The molecule has 0 aromatic carbocycles. The van der Waals surface area contributed by atoms with E-state index < -0.39 is 10.6 Å². The fourth-order valence-corrected chi connectivity index (χ4v) is 2.98. The minimum atomic E-state index is -1.41. The fraction of sp³-hybridized carbons (Fsp3) is 0.706. The molecule has 0 radical (unpaired) electrons. The van der Waals surface area contributed by atoms with Crippen molar-refractivity contribution in [3.05, 3.63) is 24.0 Å². The number of pyridine rings is 1. The Morgan fingerprint density at radius 3 is 2.26 bits per heavy atom. The van der Waals surface area contributed by atoms with E-state index in [0.717, 1.165) is 17.5 Å². The highest BCUT2D eigenvalue weighted by Gasteiger charge is 2.49. The van der Waals surface area contributed by atoms with Crippen LogP contribution < -0.4 is 5.46 Å². The predicted molar refractivity (Wildman–Crippen MR) is 104 cm³/mol. The summed E-state index contributed by atoms with van der Waals surface area (Å²) in [5.74, 6) is 0. The molecule has 23 heavy (non-hydrogen) atoms. The van der Waals surface area contributed by atoms with Crippen molar-refractivity contribution < 1.29 is 9.04 Å². The summed E-state index contributed by atoms with van der Waals surface area (Å²) >= 11 is 0. The minimum absolute atomic E-state index is 0.0817. The first kappa shape index (κ1) is 19.3. The van der Waals surface area contributed by atoms with Crippen LogP contribution in [0.3, 0.4) is 0 Å². The zero-order chi connectivity index (χ0) is 17.7. The summed E-state index contributed by atoms with van der Waals surface area (Å²) in [6.07, 6.45) is 3.45. The third-order valence-corrected chi connectivity index (χ3v) is 7.21. The quantitative estimate of drug-likeness (QED) is 0.600. The average molecular weight is 355 g/mol. The van der Waals surface area contributed by atoms with Crippen LogP contribution in [0.5, 0.6) is 0 Å². The van der Waals surface area contributed by atoms with Crippen molar-refractivity contribution in [1.29, 1.82) is 0 Å². The summed E-state index contributed by atoms with van der Waals surface area (Å²) in [6, 6.07) is 4.08. The molecule has 1 aliphatic heterocycles. The number of hydrogen-bond donors (Lipinski definition) is 0. The van der Waals surface area contributed by atoms with Crippen molar-refractivity contribution in [1.82, 2.24) is 4.98 Å². The molecule has 2 atom stereocenters. The Labute approximate surface area is 145 Å². The Bertz CT molecular complexity index is 551. The highest BCUT2D eigenvalue weighted by atomic mass is 31.1. The minimum Gasteiger partial charge on any atom is -0.425 e. The molecule has 2 unspecified atom stereocenters. The molecule has 2 nitrogen and oxygen atoms in total. The van der Waals surface area contributed by atoms with Crippen LogP contribution in [0.4, 0.5) is 4.39 Å². The number of halogens is 1. The summed E-state index contributed by atoms with van der Waals surface area (Å²) in [5.41, 5.74) is 1.47. The van der Waals surface area contributed by atoms with Crippen molar-refractivity contribution in [2.45, 2.75) is 65.0 Å². The van der Waals surface area contributed by atoms with Crippen LogP contribution >= 0.6 is 18.5 Å². The summed E-state index contributed by atoms with van der Waals surface area (Å²) in [7, 11) is 4.53. The first-order chi connectivity index (χ1) is 10.3. The third-order valence-electron chi connectivity index (χ3n) is 5.64. The molecule has 2 heterocycles. The highest BCUT2D eigenvalue weighted by Crippen LogP contribution is 2.47. The highest BCUT2D eigenvalue weighted by molar-refractivity contribution is 7.39. The Kier molecular flexibility index (Phi) is 5.07. The van der Waals surface area contributed by atoms with E-state index in [9.17, 15) is 4.39 Å². The topological polar surface area (TPSA) is 22.1 Å². The van der Waals surface area contributed by atoms with Crippen LogP contribution in [0, 0.1) is 10.8 Å². The van der Waals surface area contributed by atoms with Gasteiger partial charge in [0.25, 0.3) is 0 Å². The van der Waals surface area contributed by atoms with Crippen LogP contribution in [0.15, 0.2) is 18.3 Å². The van der Waals surface area contributed by atoms with Gasteiger partial charge in [-0.1, -0.05) is 52.2 Å². The molecule has 0 saturated carbocycles. The maximum Gasteiger partial charge on any atom is 0.329 e. The molecule has 0 aliphatic carbocycles. The van der Waals surface area contributed by atoms with Crippen LogP contribution in [0.25, 0.3) is 0 Å². The van der Waals surface area contributed by atoms with Crippen molar-refractivity contribution >= 4 is 30.9 Å². The fourth-order valence-electron chi connectivity index (χ4n) is 2.77. The first-order valence-corrected chi connectivity index (χ1v) is 9.30. The van der Waals surface area contributed by atoms with E-state index in [2.05, 4.69) is 57.2 Å². The molecular weight excluding hydrogens is 326 g/mol. The van der Waals surface area contributed by atoms with Gasteiger partial charge in [0.05, 0.1) is 5.60 Å². The van der Waals surface area contributed by atoms with Gasteiger partial charge in [0.15, 0.2) is 0 Å². The smallest absolute Gasteiger partial charge is 0.329 e. The second-order valence-corrected chi connectivity index (χ2v) is 11.0. The zero-order valence-corrected chi connectivity index (χ0v) is 17.4. The van der Waals surface area contributed by atoms with Gasteiger partial charge in [-0.3, -0.25) is 4.98 Å². The van der Waals surface area contributed by atoms with Gasteiger partial charge in [-0.05, 0) is 43.5 Å². The van der Waals surface area contributed by atoms with Crippen LogP contribution in [0.1, 0.15) is 47.2 Å². The monoisotopic (exact) mass is 355 g/mol. The Morgan fingerprint density at radius 2 is 1.87 bits per heavy atom. The maximum absolute atomic E-state index is 14.2. The largest absolute Gasteiger partial charge is 0.425 e. The van der Waals surface area contributed by atoms with Crippen molar-refractivity contribution in [2.24, 2.45) is 10.8 Å². The van der Waals surface area contributed by atoms with Gasteiger partial charge in [-0.2, -0.15) is 0 Å². The van der Waals surface area contributed by atoms with Crippen LogP contribution in [0.2, 0.25) is 6.32 Å². The summed E-state index contributed by atoms with van der Waals surface area (Å²) in [5, 5.41) is -1.41. The molecule has 0 spiro atoms. The Hall–Kier alpha value is -0.0351. The second-order valence-electron chi connectivity index (χ2n) is 8.62. The second kappa shape index (κ2) is 6.04. The van der Waals surface area contributed by atoms with Gasteiger partial charge in [-0.15, -0.1) is 0 Å². The maximum atomic E-state index is 14.2. The number of aromatic nitrogens is 1. The number of hydrogen-bond acceptors (Lipinski definition) is 2. The van der Waals surface area contributed by atoms with E-state index in [1.165, 1.54) is 0 Å². The van der Waals surface area contributed by atoms with E-state index >= 15 is 0 Å². The molecule has 1 saturated heterocycles. The standard InChI is InChI=1S/C17H29BFNOP2/c1-14(2,17(19,22)23)9-13-8-7-12(10-20-13)18-11-15(3,4)16(5,6)21-18/h7-8,10H,9,11,22-23H2,1-6H3. The van der Waals surface area contributed by atoms with Gasteiger partial charge in [0.1, 0.15) is 5.15 Å². The van der Waals surface area contributed by atoms with E-state index in [1.54, 1.807) is 0 Å². The van der Waals surface area contributed by atoms with Crippen LogP contribution in [-0.4, -0.2) is 22.7 Å². The Balaban J connectivity index is 2.13. The number of alkyl halides is 1. The molecule has 0 N–H and O–H groups in total. The molecule has 2 rings (SSSR count). The van der Waals surface area contributed by atoms with Gasteiger partial charge in [-0.25, -0.2) is 4.39 Å². The zero-order valence-electron chi connectivity index (χ0n) is 15.1. The normalized spacial score (nSPS) is 20.8. The van der Waals surface area contributed by atoms with E-state index in [-0.39, 0.29) is 17.9 Å². The molecule has 6 heteroatoms. The Morgan fingerprint density at radius 1 is 1.26 bits per heavy atom. The van der Waals surface area contributed by atoms with Gasteiger partial charge >= 0.3 is 6.92 Å². The molecule has 128 valence electrons. The molecule has 1 fully saturated rings. The van der Waals surface area contributed by atoms with E-state index in [0.29, 0.717) is 6.42 Å². The number of rotatable bonds is 4. The van der Waals surface area contributed by atoms with Crippen molar-refractivity contribution in [2.75, 3.05) is 0 Å². The molecule has 1 aliphatic rings. The number of nitrogens with zero attached hydrogens (tertiary/aromatic N) is 1. The molecule has 1 aromatic heterocycles. The van der Waals surface area contributed by atoms with Gasteiger partial charge < -0.3 is 4.65 Å². The summed E-state index contributed by atoms with van der Waals surface area (Å²) in [4.78, 5) is 4.55. The van der Waals surface area contributed by atoms with Crippen molar-refractivity contribution in [3.63, 3.8) is 0 Å². The first-order valence-electron chi connectivity index (χ1n) is 8.14. The lowest BCUT2D eigenvalue weighted by atomic mass is 9.54. The molecule has 0 bridgehead atoms. The van der Waals surface area contributed by atoms with E-state index in [1.807, 2.05) is 26.1 Å². The lowest BCUT2D eigenvalue weighted by Gasteiger charge is -2.34. The SMILES string of the molecule is CC(C)(Cc1ccc(B2CC(C)(C)C(C)(C)O2)cn1)C(F)(P)P. The average Bonchev–Trinajstić information content (AvgIpc) is 2.57. The van der Waals surface area contributed by atoms with Gasteiger partial charge in [0.2, 0.25) is 0 Å². The lowest BCUT2D eigenvalue weighted by molar-refractivity contribution is 0.0375. The molecular formula is C17H29BFNOP2. The molecule has 1 aromatic rings. The van der Waals surface area contributed by atoms with Gasteiger partial charge in [0, 0.05) is 17.3 Å². The summed E-state index contributed by atoms with van der Waals surface area (Å²) in [6.45, 7) is 12.7.